The fraction of sp³-hybridized carbons (Fsp3) is 0.294. The third-order valence-electron chi connectivity index (χ3n) is 8.37. The van der Waals surface area contributed by atoms with Crippen LogP contribution in [-0.4, -0.2) is 14.1 Å². The number of hydrogen-bond acceptors (Lipinski definition) is 2. The molecule has 0 unspecified atom stereocenters. The second-order valence-corrected chi connectivity index (χ2v) is 12.2. The van der Waals surface area contributed by atoms with Crippen molar-refractivity contribution in [3.8, 4) is 0 Å². The van der Waals surface area contributed by atoms with E-state index in [-0.39, 0.29) is 24.8 Å². The van der Waals surface area contributed by atoms with E-state index < -0.39 is 0 Å². The van der Waals surface area contributed by atoms with Crippen molar-refractivity contribution in [1.29, 1.82) is 0 Å². The van der Waals surface area contributed by atoms with Crippen LogP contribution >= 0.6 is 71.2 Å². The first-order chi connectivity index (χ1) is 19.4. The van der Waals surface area contributed by atoms with Crippen LogP contribution in [0.25, 0.3) is 0 Å². The zero-order valence-corrected chi connectivity index (χ0v) is 28.2. The molecule has 0 radical (unpaired) electrons. The van der Waals surface area contributed by atoms with Crippen molar-refractivity contribution >= 4 is 71.2 Å². The molecule has 42 heavy (non-hydrogen) atoms. The molecule has 0 spiro atoms. The summed E-state index contributed by atoms with van der Waals surface area (Å²) in [6.45, 7) is 0. The Morgan fingerprint density at radius 1 is 0.476 bits per heavy atom. The largest absolute Gasteiger partial charge is 0.313 e. The Balaban J connectivity index is 0.000000220. The van der Waals surface area contributed by atoms with Gasteiger partial charge in [-0.3, -0.25) is 0 Å². The van der Waals surface area contributed by atoms with Crippen LogP contribution in [0, 0.1) is 0 Å². The number of benzene rings is 4. The van der Waals surface area contributed by atoms with E-state index in [4.69, 9.17) is 46.4 Å². The molecule has 0 saturated heterocycles. The van der Waals surface area contributed by atoms with E-state index >= 15 is 0 Å². The van der Waals surface area contributed by atoms with Crippen LogP contribution in [0.15, 0.2) is 84.9 Å². The summed E-state index contributed by atoms with van der Waals surface area (Å²) < 4.78 is 0. The SMILES string of the molecule is CN[C@H]1CC[C@@H](c2ccc(Cl)c(Cl)c2)c2ccccc21.CN[C@H]1CC[C@@H](c2ccc(Cl)c(Cl)c2)c2ccccc21.Cl.Cl. The lowest BCUT2D eigenvalue weighted by molar-refractivity contribution is 0.471. The first-order valence-electron chi connectivity index (χ1n) is 13.8. The highest BCUT2D eigenvalue weighted by molar-refractivity contribution is 6.42. The number of rotatable bonds is 4. The van der Waals surface area contributed by atoms with Crippen molar-refractivity contribution in [1.82, 2.24) is 10.6 Å². The van der Waals surface area contributed by atoms with Gasteiger partial charge in [0.1, 0.15) is 0 Å². The normalized spacial score (nSPS) is 20.5. The lowest BCUT2D eigenvalue weighted by atomic mass is 9.77. The van der Waals surface area contributed by atoms with Crippen LogP contribution in [-0.2, 0) is 0 Å². The predicted molar refractivity (Wildman–Crippen MR) is 186 cm³/mol. The Morgan fingerprint density at radius 3 is 1.17 bits per heavy atom. The molecular formula is C34H36Cl6N2. The predicted octanol–water partition coefficient (Wildman–Crippen LogP) is 11.2. The minimum absolute atomic E-state index is 0. The van der Waals surface area contributed by atoms with Crippen molar-refractivity contribution in [2.45, 2.75) is 49.6 Å². The summed E-state index contributed by atoms with van der Waals surface area (Å²) in [5.41, 5.74) is 8.10. The summed E-state index contributed by atoms with van der Waals surface area (Å²) in [5, 5.41) is 9.32. The van der Waals surface area contributed by atoms with Crippen LogP contribution < -0.4 is 10.6 Å². The van der Waals surface area contributed by atoms with Gasteiger partial charge in [-0.05, 0) is 97.4 Å². The van der Waals surface area contributed by atoms with Crippen molar-refractivity contribution < 1.29 is 0 Å². The molecule has 4 atom stereocenters. The molecule has 0 heterocycles. The summed E-state index contributed by atoms with van der Waals surface area (Å²) in [6, 6.07) is 30.2. The zero-order chi connectivity index (χ0) is 28.2. The van der Waals surface area contributed by atoms with Crippen molar-refractivity contribution in [2.24, 2.45) is 0 Å². The lowest BCUT2D eigenvalue weighted by Gasteiger charge is -2.32. The van der Waals surface area contributed by atoms with Crippen LogP contribution in [0.3, 0.4) is 0 Å². The average Bonchev–Trinajstić information content (AvgIpc) is 2.99. The molecule has 0 aliphatic heterocycles. The van der Waals surface area contributed by atoms with Gasteiger partial charge in [-0.2, -0.15) is 0 Å². The average molecular weight is 685 g/mol. The van der Waals surface area contributed by atoms with Crippen LogP contribution in [0.2, 0.25) is 20.1 Å². The van der Waals surface area contributed by atoms with Gasteiger partial charge in [0.25, 0.3) is 0 Å². The quantitative estimate of drug-likeness (QED) is 0.224. The highest BCUT2D eigenvalue weighted by Gasteiger charge is 2.28. The third kappa shape index (κ3) is 7.60. The second-order valence-electron chi connectivity index (χ2n) is 10.5. The molecule has 0 saturated carbocycles. The maximum Gasteiger partial charge on any atom is 0.0595 e. The smallest absolute Gasteiger partial charge is 0.0595 e. The molecule has 4 aromatic carbocycles. The summed E-state index contributed by atoms with van der Waals surface area (Å²) in [4.78, 5) is 0. The fourth-order valence-electron chi connectivity index (χ4n) is 6.33. The van der Waals surface area contributed by atoms with Gasteiger partial charge in [0, 0.05) is 23.9 Å². The molecular weight excluding hydrogens is 649 g/mol. The summed E-state index contributed by atoms with van der Waals surface area (Å²) >= 11 is 24.4. The van der Waals surface area contributed by atoms with E-state index in [9.17, 15) is 0 Å². The van der Waals surface area contributed by atoms with E-state index in [1.807, 2.05) is 38.4 Å². The van der Waals surface area contributed by atoms with Crippen molar-refractivity contribution in [3.63, 3.8) is 0 Å². The van der Waals surface area contributed by atoms with Crippen LogP contribution in [0.5, 0.6) is 0 Å². The topological polar surface area (TPSA) is 24.1 Å². The third-order valence-corrected chi connectivity index (χ3v) is 9.85. The summed E-state index contributed by atoms with van der Waals surface area (Å²) in [5.74, 6) is 0.816. The minimum Gasteiger partial charge on any atom is -0.313 e. The van der Waals surface area contributed by atoms with Gasteiger partial charge in [0.05, 0.1) is 20.1 Å². The summed E-state index contributed by atoms with van der Waals surface area (Å²) in [7, 11) is 4.06. The molecule has 0 amide bonds. The van der Waals surface area contributed by atoms with Crippen LogP contribution in [0.4, 0.5) is 0 Å². The Morgan fingerprint density at radius 2 is 0.833 bits per heavy atom. The number of halogens is 6. The Hall–Kier alpha value is -1.46. The Kier molecular flexibility index (Phi) is 13.4. The lowest BCUT2D eigenvalue weighted by Crippen LogP contribution is -2.24. The molecule has 8 heteroatoms. The van der Waals surface area contributed by atoms with Gasteiger partial charge in [-0.1, -0.05) is 107 Å². The van der Waals surface area contributed by atoms with Gasteiger partial charge >= 0.3 is 0 Å². The fourth-order valence-corrected chi connectivity index (χ4v) is 6.94. The maximum absolute atomic E-state index is 6.17. The van der Waals surface area contributed by atoms with Gasteiger partial charge < -0.3 is 10.6 Å². The first-order valence-corrected chi connectivity index (χ1v) is 15.3. The number of fused-ring (bicyclic) bond motifs is 2. The number of nitrogens with one attached hydrogen (secondary N) is 2. The molecule has 0 fully saturated rings. The van der Waals surface area contributed by atoms with E-state index in [1.54, 1.807) is 0 Å². The monoisotopic (exact) mass is 682 g/mol. The molecule has 224 valence electrons. The van der Waals surface area contributed by atoms with Gasteiger partial charge in [0.15, 0.2) is 0 Å². The Bertz CT molecular complexity index is 1370. The van der Waals surface area contributed by atoms with Gasteiger partial charge in [0.2, 0.25) is 0 Å². The minimum atomic E-state index is 0. The second kappa shape index (κ2) is 16.0. The molecule has 2 aliphatic carbocycles. The highest BCUT2D eigenvalue weighted by Crippen LogP contribution is 2.43. The van der Waals surface area contributed by atoms with E-state index in [0.717, 1.165) is 25.7 Å². The van der Waals surface area contributed by atoms with Gasteiger partial charge in [-0.15, -0.1) is 24.8 Å². The number of hydrogen-bond donors (Lipinski definition) is 2. The van der Waals surface area contributed by atoms with Crippen molar-refractivity contribution in [2.75, 3.05) is 14.1 Å². The first kappa shape index (κ1) is 35.0. The molecule has 2 N–H and O–H groups in total. The van der Waals surface area contributed by atoms with Gasteiger partial charge in [-0.25, -0.2) is 0 Å². The molecule has 0 aromatic heterocycles. The molecule has 0 bridgehead atoms. The summed E-state index contributed by atoms with van der Waals surface area (Å²) in [6.07, 6.45) is 4.53. The van der Waals surface area contributed by atoms with E-state index in [1.165, 1.54) is 33.4 Å². The van der Waals surface area contributed by atoms with Crippen LogP contribution in [0.1, 0.15) is 83.0 Å². The molecule has 2 aliphatic rings. The standard InChI is InChI=1S/2C17H17Cl2N.2ClH/c2*1-20-17-9-7-12(13-4-2-3-5-14(13)17)11-6-8-15(18)16(19)10-11;;/h2*2-6,8,10,12,17,20H,7,9H2,1H3;2*1H/t2*12-,17-;;/m00../s1. The highest BCUT2D eigenvalue weighted by atomic mass is 35.5. The molecule has 6 rings (SSSR count). The van der Waals surface area contributed by atoms with Crippen molar-refractivity contribution in [3.05, 3.63) is 138 Å². The van der Waals surface area contributed by atoms with E-state index in [2.05, 4.69) is 71.3 Å². The zero-order valence-electron chi connectivity index (χ0n) is 23.5. The molecule has 2 nitrogen and oxygen atoms in total. The molecule has 4 aromatic rings. The maximum atomic E-state index is 6.17. The Labute approximate surface area is 282 Å². The van der Waals surface area contributed by atoms with E-state index in [0.29, 0.717) is 44.0 Å².